The predicted molar refractivity (Wildman–Crippen MR) is 71.0 cm³/mol. The Bertz CT molecular complexity index is 584. The van der Waals surface area contributed by atoms with Crippen LogP contribution in [0.5, 0.6) is 0 Å². The minimum Gasteiger partial charge on any atom is -0.321 e. The van der Waals surface area contributed by atoms with E-state index in [-0.39, 0.29) is 11.7 Å². The molecule has 0 aliphatic carbocycles. The van der Waals surface area contributed by atoms with Crippen molar-refractivity contribution in [2.45, 2.75) is 6.92 Å². The van der Waals surface area contributed by atoms with Gasteiger partial charge in [0.05, 0.1) is 0 Å². The summed E-state index contributed by atoms with van der Waals surface area (Å²) in [6, 6.07) is 7.39. The monoisotopic (exact) mass is 308 g/mol. The number of hydrogen-bond acceptors (Lipinski definition) is 2. The number of aryl methyl sites for hydroxylation is 1. The Labute approximate surface area is 112 Å². The molecule has 2 aromatic rings. The topological polar surface area (TPSA) is 42.0 Å². The minimum atomic E-state index is -0.342. The molecule has 1 aromatic carbocycles. The molecule has 18 heavy (non-hydrogen) atoms. The number of anilines is 1. The molecule has 0 aliphatic rings. The number of benzene rings is 1. The van der Waals surface area contributed by atoms with Crippen molar-refractivity contribution in [3.05, 3.63) is 58.1 Å². The van der Waals surface area contributed by atoms with E-state index in [1.165, 1.54) is 24.3 Å². The zero-order valence-electron chi connectivity index (χ0n) is 9.58. The number of amides is 1. The summed E-state index contributed by atoms with van der Waals surface area (Å²) >= 11 is 3.28. The van der Waals surface area contributed by atoms with E-state index >= 15 is 0 Å². The average Bonchev–Trinajstić information content (AvgIpc) is 2.32. The third kappa shape index (κ3) is 2.92. The normalized spacial score (nSPS) is 10.2. The lowest BCUT2D eigenvalue weighted by molar-refractivity contribution is 0.102. The SMILES string of the molecule is Cc1cc(Br)cnc1C(=O)Nc1ccc(F)cc1. The Hall–Kier alpha value is -1.75. The second kappa shape index (κ2) is 5.27. The molecule has 1 amide bonds. The zero-order valence-corrected chi connectivity index (χ0v) is 11.2. The molecule has 92 valence electrons. The number of hydrogen-bond donors (Lipinski definition) is 1. The Morgan fingerprint density at radius 2 is 2.00 bits per heavy atom. The molecule has 1 aromatic heterocycles. The Morgan fingerprint density at radius 1 is 1.33 bits per heavy atom. The summed E-state index contributed by atoms with van der Waals surface area (Å²) in [5.41, 5.74) is 1.65. The van der Waals surface area contributed by atoms with Gasteiger partial charge in [0.2, 0.25) is 0 Å². The fourth-order valence-corrected chi connectivity index (χ4v) is 1.95. The second-order valence-electron chi connectivity index (χ2n) is 3.78. The van der Waals surface area contributed by atoms with Crippen molar-refractivity contribution in [3.63, 3.8) is 0 Å². The number of halogens is 2. The van der Waals surface area contributed by atoms with Gasteiger partial charge in [-0.25, -0.2) is 9.37 Å². The molecule has 0 spiro atoms. The first kappa shape index (κ1) is 12.7. The molecule has 5 heteroatoms. The summed E-state index contributed by atoms with van der Waals surface area (Å²) in [6.07, 6.45) is 1.56. The van der Waals surface area contributed by atoms with E-state index in [2.05, 4.69) is 26.2 Å². The van der Waals surface area contributed by atoms with Crippen molar-refractivity contribution in [3.8, 4) is 0 Å². The molecule has 0 radical (unpaired) electrons. The van der Waals surface area contributed by atoms with Crippen LogP contribution in [0.25, 0.3) is 0 Å². The van der Waals surface area contributed by atoms with Gasteiger partial charge in [-0.2, -0.15) is 0 Å². The molecule has 3 nitrogen and oxygen atoms in total. The summed E-state index contributed by atoms with van der Waals surface area (Å²) in [4.78, 5) is 16.0. The van der Waals surface area contributed by atoms with Gasteiger partial charge >= 0.3 is 0 Å². The highest BCUT2D eigenvalue weighted by Gasteiger charge is 2.11. The van der Waals surface area contributed by atoms with Gasteiger partial charge in [-0.05, 0) is 58.7 Å². The molecule has 2 rings (SSSR count). The number of nitrogens with zero attached hydrogens (tertiary/aromatic N) is 1. The molecule has 0 saturated heterocycles. The number of nitrogens with one attached hydrogen (secondary N) is 1. The van der Waals surface area contributed by atoms with Crippen LogP contribution in [0.3, 0.4) is 0 Å². The highest BCUT2D eigenvalue weighted by Crippen LogP contribution is 2.15. The van der Waals surface area contributed by atoms with Gasteiger partial charge in [-0.1, -0.05) is 0 Å². The molecular formula is C13H10BrFN2O. The number of carbonyl (C=O) groups excluding carboxylic acids is 1. The summed E-state index contributed by atoms with van der Waals surface area (Å²) in [5.74, 6) is -0.655. The lowest BCUT2D eigenvalue weighted by Gasteiger charge is -2.07. The van der Waals surface area contributed by atoms with Crippen molar-refractivity contribution in [2.24, 2.45) is 0 Å². The van der Waals surface area contributed by atoms with Gasteiger partial charge in [-0.15, -0.1) is 0 Å². The van der Waals surface area contributed by atoms with Gasteiger partial charge in [0.1, 0.15) is 11.5 Å². The summed E-state index contributed by atoms with van der Waals surface area (Å²) < 4.78 is 13.5. The van der Waals surface area contributed by atoms with Crippen LogP contribution in [0.1, 0.15) is 16.1 Å². The molecule has 1 heterocycles. The van der Waals surface area contributed by atoms with Crippen LogP contribution in [-0.4, -0.2) is 10.9 Å². The highest BCUT2D eigenvalue weighted by atomic mass is 79.9. The predicted octanol–water partition coefficient (Wildman–Crippen LogP) is 3.54. The molecule has 0 aliphatic heterocycles. The maximum absolute atomic E-state index is 12.7. The smallest absolute Gasteiger partial charge is 0.274 e. The maximum atomic E-state index is 12.7. The van der Waals surface area contributed by atoms with Crippen LogP contribution in [0.4, 0.5) is 10.1 Å². The zero-order chi connectivity index (χ0) is 13.1. The van der Waals surface area contributed by atoms with E-state index in [0.717, 1.165) is 10.0 Å². The van der Waals surface area contributed by atoms with Gasteiger partial charge in [0.25, 0.3) is 5.91 Å². The van der Waals surface area contributed by atoms with Crippen molar-refractivity contribution in [2.75, 3.05) is 5.32 Å². The first-order chi connectivity index (χ1) is 8.56. The van der Waals surface area contributed by atoms with E-state index in [4.69, 9.17) is 0 Å². The summed E-state index contributed by atoms with van der Waals surface area (Å²) in [7, 11) is 0. The molecule has 0 unspecified atom stereocenters. The first-order valence-corrected chi connectivity index (χ1v) is 6.04. The van der Waals surface area contributed by atoms with Crippen LogP contribution in [0.2, 0.25) is 0 Å². The molecular weight excluding hydrogens is 299 g/mol. The van der Waals surface area contributed by atoms with Crippen molar-refractivity contribution >= 4 is 27.5 Å². The lowest BCUT2D eigenvalue weighted by atomic mass is 10.2. The molecule has 0 atom stereocenters. The van der Waals surface area contributed by atoms with E-state index in [9.17, 15) is 9.18 Å². The average molecular weight is 309 g/mol. The fourth-order valence-electron chi connectivity index (χ4n) is 1.50. The van der Waals surface area contributed by atoms with Gasteiger partial charge < -0.3 is 5.32 Å². The standard InChI is InChI=1S/C13H10BrFN2O/c1-8-6-9(14)7-16-12(8)13(18)17-11-4-2-10(15)3-5-11/h2-7H,1H3,(H,17,18). The highest BCUT2D eigenvalue weighted by molar-refractivity contribution is 9.10. The van der Waals surface area contributed by atoms with Crippen LogP contribution < -0.4 is 5.32 Å². The van der Waals surface area contributed by atoms with Crippen LogP contribution in [0, 0.1) is 12.7 Å². The van der Waals surface area contributed by atoms with E-state index in [0.29, 0.717) is 11.4 Å². The number of aromatic nitrogens is 1. The number of rotatable bonds is 2. The number of carbonyl (C=O) groups is 1. The number of pyridine rings is 1. The largest absolute Gasteiger partial charge is 0.321 e. The molecule has 0 fully saturated rings. The van der Waals surface area contributed by atoms with Crippen LogP contribution in [0.15, 0.2) is 41.0 Å². The molecule has 0 bridgehead atoms. The van der Waals surface area contributed by atoms with E-state index in [1.54, 1.807) is 13.1 Å². The quantitative estimate of drug-likeness (QED) is 0.922. The third-order valence-corrected chi connectivity index (χ3v) is 2.80. The van der Waals surface area contributed by atoms with Crippen molar-refractivity contribution in [1.82, 2.24) is 4.98 Å². The van der Waals surface area contributed by atoms with Gasteiger partial charge in [0.15, 0.2) is 0 Å². The van der Waals surface area contributed by atoms with E-state index < -0.39 is 0 Å². The van der Waals surface area contributed by atoms with Crippen LogP contribution >= 0.6 is 15.9 Å². The van der Waals surface area contributed by atoms with Gasteiger partial charge in [-0.3, -0.25) is 4.79 Å². The molecule has 1 N–H and O–H groups in total. The fraction of sp³-hybridized carbons (Fsp3) is 0.0769. The van der Waals surface area contributed by atoms with Crippen molar-refractivity contribution < 1.29 is 9.18 Å². The molecule has 0 saturated carbocycles. The Kier molecular flexibility index (Phi) is 3.72. The summed E-state index contributed by atoms with van der Waals surface area (Å²) in [5, 5.41) is 2.66. The second-order valence-corrected chi connectivity index (χ2v) is 4.70. The Morgan fingerprint density at radius 3 is 2.61 bits per heavy atom. The lowest BCUT2D eigenvalue weighted by Crippen LogP contribution is -2.15. The first-order valence-electron chi connectivity index (χ1n) is 5.25. The van der Waals surface area contributed by atoms with Crippen LogP contribution in [-0.2, 0) is 0 Å². The maximum Gasteiger partial charge on any atom is 0.274 e. The van der Waals surface area contributed by atoms with Gasteiger partial charge in [0, 0.05) is 16.4 Å². The third-order valence-electron chi connectivity index (χ3n) is 2.36. The minimum absolute atomic E-state index is 0.313. The van der Waals surface area contributed by atoms with E-state index in [1.807, 2.05) is 6.07 Å². The summed E-state index contributed by atoms with van der Waals surface area (Å²) in [6.45, 7) is 1.80. The van der Waals surface area contributed by atoms with Crippen molar-refractivity contribution in [1.29, 1.82) is 0 Å². The Balaban J connectivity index is 2.19.